The van der Waals surface area contributed by atoms with Gasteiger partial charge in [-0.2, -0.15) is 0 Å². The molecular formula is C14H9Br2ClF2. The highest BCUT2D eigenvalue weighted by molar-refractivity contribution is 9.11. The normalized spacial score (nSPS) is 12.5. The number of hydrogen-bond donors (Lipinski definition) is 0. The fourth-order valence-electron chi connectivity index (χ4n) is 1.74. The number of rotatable bonds is 3. The Labute approximate surface area is 132 Å². The second-order valence-corrected chi connectivity index (χ2v) is 6.38. The van der Waals surface area contributed by atoms with Crippen LogP contribution in [0.5, 0.6) is 0 Å². The Hall–Kier alpha value is -0.450. The lowest BCUT2D eigenvalue weighted by atomic mass is 10.0. The van der Waals surface area contributed by atoms with Crippen molar-refractivity contribution in [3.05, 3.63) is 68.1 Å². The van der Waals surface area contributed by atoms with Crippen molar-refractivity contribution >= 4 is 43.5 Å². The van der Waals surface area contributed by atoms with Crippen molar-refractivity contribution < 1.29 is 8.78 Å². The van der Waals surface area contributed by atoms with E-state index in [0.717, 1.165) is 20.6 Å². The molecule has 0 radical (unpaired) electrons. The van der Waals surface area contributed by atoms with Crippen LogP contribution in [-0.4, -0.2) is 0 Å². The third-order valence-corrected chi connectivity index (χ3v) is 4.27. The Morgan fingerprint density at radius 3 is 2.37 bits per heavy atom. The molecule has 19 heavy (non-hydrogen) atoms. The average Bonchev–Trinajstić information content (AvgIpc) is 2.33. The molecule has 0 aliphatic heterocycles. The largest absolute Gasteiger partial charge is 0.204 e. The summed E-state index contributed by atoms with van der Waals surface area (Å²) in [4.78, 5) is 0. The smallest absolute Gasteiger partial charge is 0.159 e. The Morgan fingerprint density at radius 2 is 1.74 bits per heavy atom. The molecule has 0 N–H and O–H groups in total. The maximum atomic E-state index is 13.1. The molecule has 2 aromatic rings. The van der Waals surface area contributed by atoms with Gasteiger partial charge in [0.25, 0.3) is 0 Å². The van der Waals surface area contributed by atoms with E-state index in [0.29, 0.717) is 12.0 Å². The van der Waals surface area contributed by atoms with E-state index in [1.807, 2.05) is 18.2 Å². The Balaban J connectivity index is 2.20. The minimum atomic E-state index is -0.851. The molecular weight excluding hydrogens is 401 g/mol. The number of alkyl halides is 1. The Kier molecular flexibility index (Phi) is 4.98. The molecule has 1 atom stereocenters. The molecule has 0 aliphatic carbocycles. The van der Waals surface area contributed by atoms with E-state index in [2.05, 4.69) is 31.9 Å². The standard InChI is InChI=1S/C14H9Br2ClF2/c15-9-2-3-10(11(16)7-9)12(17)5-8-1-4-13(18)14(19)6-8/h1-4,6-7,12H,5H2. The van der Waals surface area contributed by atoms with Gasteiger partial charge in [-0.1, -0.05) is 44.0 Å². The maximum absolute atomic E-state index is 13.1. The summed E-state index contributed by atoms with van der Waals surface area (Å²) in [6.45, 7) is 0. The molecule has 0 aromatic heterocycles. The first-order chi connectivity index (χ1) is 8.97. The second-order valence-electron chi connectivity index (χ2n) is 4.09. The summed E-state index contributed by atoms with van der Waals surface area (Å²) in [5, 5.41) is -0.313. The summed E-state index contributed by atoms with van der Waals surface area (Å²) in [7, 11) is 0. The summed E-state index contributed by atoms with van der Waals surface area (Å²) < 4.78 is 27.8. The lowest BCUT2D eigenvalue weighted by Gasteiger charge is -2.12. The van der Waals surface area contributed by atoms with Crippen LogP contribution in [0.3, 0.4) is 0 Å². The first kappa shape index (κ1) is 14.9. The molecule has 100 valence electrons. The zero-order valence-corrected chi connectivity index (χ0v) is 13.6. The summed E-state index contributed by atoms with van der Waals surface area (Å²) in [5.41, 5.74) is 1.57. The highest BCUT2D eigenvalue weighted by Gasteiger charge is 2.14. The van der Waals surface area contributed by atoms with E-state index in [1.54, 1.807) is 6.07 Å². The number of benzene rings is 2. The van der Waals surface area contributed by atoms with Crippen LogP contribution in [0.4, 0.5) is 8.78 Å². The van der Waals surface area contributed by atoms with Crippen molar-refractivity contribution in [2.75, 3.05) is 0 Å². The van der Waals surface area contributed by atoms with E-state index in [4.69, 9.17) is 11.6 Å². The summed E-state index contributed by atoms with van der Waals surface area (Å²) in [5.74, 6) is -1.70. The summed E-state index contributed by atoms with van der Waals surface area (Å²) >= 11 is 13.1. The van der Waals surface area contributed by atoms with Gasteiger partial charge < -0.3 is 0 Å². The van der Waals surface area contributed by atoms with Crippen molar-refractivity contribution in [2.24, 2.45) is 0 Å². The highest BCUT2D eigenvalue weighted by Crippen LogP contribution is 2.33. The van der Waals surface area contributed by atoms with E-state index in [-0.39, 0.29) is 5.38 Å². The minimum absolute atomic E-state index is 0.313. The lowest BCUT2D eigenvalue weighted by Crippen LogP contribution is -1.98. The van der Waals surface area contributed by atoms with Crippen LogP contribution in [-0.2, 0) is 6.42 Å². The first-order valence-corrected chi connectivity index (χ1v) is 7.52. The monoisotopic (exact) mass is 408 g/mol. The van der Waals surface area contributed by atoms with Gasteiger partial charge in [-0.25, -0.2) is 8.78 Å². The molecule has 1 unspecified atom stereocenters. The fourth-order valence-corrected chi connectivity index (χ4v) is 3.56. The number of halogens is 5. The third kappa shape index (κ3) is 3.77. The van der Waals surface area contributed by atoms with Gasteiger partial charge in [0.2, 0.25) is 0 Å². The zero-order chi connectivity index (χ0) is 14.0. The molecule has 0 amide bonds. The van der Waals surface area contributed by atoms with Crippen LogP contribution in [0.1, 0.15) is 16.5 Å². The van der Waals surface area contributed by atoms with E-state index in [1.165, 1.54) is 6.07 Å². The topological polar surface area (TPSA) is 0 Å². The molecule has 2 aromatic carbocycles. The van der Waals surface area contributed by atoms with Crippen LogP contribution < -0.4 is 0 Å². The molecule has 0 spiro atoms. The molecule has 5 heteroatoms. The molecule has 2 rings (SSSR count). The predicted octanol–water partition coefficient (Wildman–Crippen LogP) is 6.01. The van der Waals surface area contributed by atoms with Crippen molar-refractivity contribution in [2.45, 2.75) is 11.8 Å². The van der Waals surface area contributed by atoms with E-state index in [9.17, 15) is 8.78 Å². The predicted molar refractivity (Wildman–Crippen MR) is 80.5 cm³/mol. The SMILES string of the molecule is Fc1ccc(CC(Cl)c2ccc(Br)cc2Br)cc1F. The van der Waals surface area contributed by atoms with Crippen molar-refractivity contribution in [3.63, 3.8) is 0 Å². The van der Waals surface area contributed by atoms with Gasteiger partial charge >= 0.3 is 0 Å². The Morgan fingerprint density at radius 1 is 1.00 bits per heavy atom. The van der Waals surface area contributed by atoms with Gasteiger partial charge in [0.15, 0.2) is 11.6 Å². The number of hydrogen-bond acceptors (Lipinski definition) is 0. The van der Waals surface area contributed by atoms with Crippen LogP contribution in [0, 0.1) is 11.6 Å². The lowest BCUT2D eigenvalue weighted by molar-refractivity contribution is 0.507. The van der Waals surface area contributed by atoms with Crippen molar-refractivity contribution in [1.29, 1.82) is 0 Å². The van der Waals surface area contributed by atoms with E-state index < -0.39 is 11.6 Å². The van der Waals surface area contributed by atoms with Gasteiger partial charge in [-0.3, -0.25) is 0 Å². The quantitative estimate of drug-likeness (QED) is 0.544. The summed E-state index contributed by atoms with van der Waals surface area (Å²) in [6.07, 6.45) is 0.430. The zero-order valence-electron chi connectivity index (χ0n) is 9.64. The molecule has 0 fully saturated rings. The van der Waals surface area contributed by atoms with Crippen LogP contribution >= 0.6 is 43.5 Å². The van der Waals surface area contributed by atoms with Crippen molar-refractivity contribution in [1.82, 2.24) is 0 Å². The highest BCUT2D eigenvalue weighted by atomic mass is 79.9. The van der Waals surface area contributed by atoms with Gasteiger partial charge in [-0.15, -0.1) is 11.6 Å². The van der Waals surface area contributed by atoms with Crippen LogP contribution in [0.25, 0.3) is 0 Å². The van der Waals surface area contributed by atoms with Gasteiger partial charge in [0.1, 0.15) is 0 Å². The fraction of sp³-hybridized carbons (Fsp3) is 0.143. The molecule has 0 heterocycles. The molecule has 0 aliphatic rings. The van der Waals surface area contributed by atoms with Crippen LogP contribution in [0.2, 0.25) is 0 Å². The average molecular weight is 410 g/mol. The Bertz CT molecular complexity index is 602. The molecule has 0 nitrogen and oxygen atoms in total. The van der Waals surface area contributed by atoms with E-state index >= 15 is 0 Å². The second kappa shape index (κ2) is 6.33. The maximum Gasteiger partial charge on any atom is 0.159 e. The molecule has 0 saturated heterocycles. The van der Waals surface area contributed by atoms with Gasteiger partial charge in [0, 0.05) is 8.95 Å². The third-order valence-electron chi connectivity index (χ3n) is 2.70. The minimum Gasteiger partial charge on any atom is -0.204 e. The van der Waals surface area contributed by atoms with Gasteiger partial charge in [-0.05, 0) is 41.8 Å². The molecule has 0 bridgehead atoms. The van der Waals surface area contributed by atoms with Crippen molar-refractivity contribution in [3.8, 4) is 0 Å². The van der Waals surface area contributed by atoms with Gasteiger partial charge in [0.05, 0.1) is 5.38 Å². The van der Waals surface area contributed by atoms with Crippen LogP contribution in [0.15, 0.2) is 45.3 Å². The molecule has 0 saturated carbocycles. The summed E-state index contributed by atoms with van der Waals surface area (Å²) in [6, 6.07) is 9.52. The first-order valence-electron chi connectivity index (χ1n) is 5.50.